The van der Waals surface area contributed by atoms with E-state index in [1.54, 1.807) is 21.7 Å². The van der Waals surface area contributed by atoms with E-state index in [4.69, 9.17) is 0 Å². The second-order valence-electron chi connectivity index (χ2n) is 13.7. The first-order chi connectivity index (χ1) is 12.9. The first-order valence-corrected chi connectivity index (χ1v) is 19.0. The maximum absolute atomic E-state index is 3.25. The summed E-state index contributed by atoms with van der Waals surface area (Å²) in [6, 6.07) is 18.9. The van der Waals surface area contributed by atoms with Gasteiger partial charge in [-0.1, -0.05) is 0 Å². The van der Waals surface area contributed by atoms with E-state index in [1.165, 1.54) is 55.7 Å². The number of hydrogen-bond donors (Lipinski definition) is 0. The molecule has 0 aliphatic carbocycles. The van der Waals surface area contributed by atoms with Gasteiger partial charge in [-0.15, -0.1) is 0 Å². The number of hydrogen-bond acceptors (Lipinski definition) is 0. The third-order valence-corrected chi connectivity index (χ3v) is 73.0. The standard InChI is InChI=1S/2C12H12P.Fe/c2*1-10-6-2-5-9-12(10)13-11-7-3-4-8-11;/h2*2-9,13H,1H3;. The molecule has 10 saturated heterocycles. The summed E-state index contributed by atoms with van der Waals surface area (Å²) < 4.78 is 2.02. The Hall–Kier alpha value is -0.181. The van der Waals surface area contributed by atoms with Crippen molar-refractivity contribution in [2.24, 2.45) is 0 Å². The van der Waals surface area contributed by atoms with Crippen LogP contribution in [0, 0.1) is 13.8 Å². The van der Waals surface area contributed by atoms with Crippen LogP contribution in [0.4, 0.5) is 0 Å². The van der Waals surface area contributed by atoms with Crippen molar-refractivity contribution in [2.75, 3.05) is 0 Å². The fourth-order valence-corrected chi connectivity index (χ4v) is 118. The van der Waals surface area contributed by atoms with E-state index in [0.717, 1.165) is 8.11 Å². The van der Waals surface area contributed by atoms with Crippen LogP contribution in [0.1, 0.15) is 11.1 Å². The molecule has 0 aromatic heterocycles. The Kier molecular flexibility index (Phi) is 0.697. The van der Waals surface area contributed by atoms with E-state index in [0.29, 0.717) is 0 Å². The summed E-state index contributed by atoms with van der Waals surface area (Å²) in [6.45, 7) is 1.52. The predicted octanol–water partition coefficient (Wildman–Crippen LogP) is 5.82. The van der Waals surface area contributed by atoms with Crippen molar-refractivity contribution < 1.29 is 6.51 Å². The Morgan fingerprint density at radius 3 is 1.33 bits per heavy atom. The minimum atomic E-state index is -3.25. The van der Waals surface area contributed by atoms with Gasteiger partial charge in [-0.05, 0) is 0 Å². The Morgan fingerprint density at radius 2 is 1.00 bits per heavy atom. The van der Waals surface area contributed by atoms with Crippen LogP contribution in [-0.4, -0.2) is 8.11 Å². The van der Waals surface area contributed by atoms with Crippen LogP contribution in [0.15, 0.2) is 48.5 Å². The summed E-state index contributed by atoms with van der Waals surface area (Å²) in [5, 5.41) is 3.56. The molecule has 12 rings (SSSR count). The van der Waals surface area contributed by atoms with Gasteiger partial charge in [-0.25, -0.2) is 0 Å². The van der Waals surface area contributed by atoms with Crippen LogP contribution in [0.2, 0.25) is 38.5 Å². The molecule has 1 spiro atoms. The van der Waals surface area contributed by atoms with Crippen molar-refractivity contribution >= 4 is 27.8 Å². The average Bonchev–Trinajstić information content (AvgIpc) is 3.61. The summed E-state index contributed by atoms with van der Waals surface area (Å²) in [4.78, 5) is 11.2. The van der Waals surface area contributed by atoms with Crippen LogP contribution in [0.3, 0.4) is 0 Å². The molecule has 0 amide bonds. The molecule has 2 aromatic carbocycles. The molecule has 0 radical (unpaired) electrons. The summed E-state index contributed by atoms with van der Waals surface area (Å²) >= 11 is 0. The summed E-state index contributed by atoms with van der Waals surface area (Å²) in [6.07, 6.45) is 0. The third-order valence-electron chi connectivity index (χ3n) is 17.8. The molecular weight excluding hydrogens is 406 g/mol. The van der Waals surface area contributed by atoms with Crippen molar-refractivity contribution in [3.8, 4) is 0 Å². The minimum absolute atomic E-state index is 1.01. The van der Waals surface area contributed by atoms with Crippen molar-refractivity contribution in [2.45, 2.75) is 60.5 Å². The Balaban J connectivity index is 1.17. The molecule has 2 aromatic rings. The molecule has 10 aliphatic heterocycles. The quantitative estimate of drug-likeness (QED) is 0.424. The van der Waals surface area contributed by atoms with E-state index in [2.05, 4.69) is 62.4 Å². The van der Waals surface area contributed by atoms with Crippen molar-refractivity contribution in [3.63, 3.8) is 0 Å². The monoisotopic (exact) mass is 430 g/mol. The Bertz CT molecular complexity index is 1490. The summed E-state index contributed by atoms with van der Waals surface area (Å²) in [5.74, 6) is 0. The first kappa shape index (κ1) is 12.5. The number of rotatable bonds is 4. The third kappa shape index (κ3) is 0.220. The van der Waals surface area contributed by atoms with Crippen LogP contribution in [-0.2, 0) is 6.51 Å². The molecule has 0 bridgehead atoms. The van der Waals surface area contributed by atoms with Gasteiger partial charge in [0.1, 0.15) is 0 Å². The molecule has 10 aliphatic rings. The average molecular weight is 430 g/mol. The van der Waals surface area contributed by atoms with E-state index >= 15 is 0 Å². The van der Waals surface area contributed by atoms with Gasteiger partial charge in [0.15, 0.2) is 0 Å². The van der Waals surface area contributed by atoms with Crippen molar-refractivity contribution in [3.05, 3.63) is 59.7 Å². The Morgan fingerprint density at radius 1 is 0.630 bits per heavy atom. The van der Waals surface area contributed by atoms with E-state index in [9.17, 15) is 0 Å². The molecule has 0 nitrogen and oxygen atoms in total. The molecule has 10 fully saturated rings. The normalized spacial score (nSPS) is 82.9. The van der Waals surface area contributed by atoms with Gasteiger partial charge in [0.2, 0.25) is 0 Å². The van der Waals surface area contributed by atoms with Crippen molar-refractivity contribution in [1.29, 1.82) is 0 Å². The number of benzene rings is 2. The zero-order chi connectivity index (χ0) is 17.3. The van der Waals surface area contributed by atoms with E-state index in [-0.39, 0.29) is 0 Å². The fraction of sp³-hybridized carbons (Fsp3) is 0.500. The van der Waals surface area contributed by atoms with Crippen molar-refractivity contribution in [1.82, 2.24) is 0 Å². The van der Waals surface area contributed by atoms with Gasteiger partial charge in [-0.2, -0.15) is 0 Å². The molecule has 27 heavy (non-hydrogen) atoms. The zero-order valence-electron chi connectivity index (χ0n) is 15.6. The van der Waals surface area contributed by atoms with Gasteiger partial charge in [0.25, 0.3) is 0 Å². The first-order valence-electron chi connectivity index (χ1n) is 10.8. The second kappa shape index (κ2) is 1.50. The molecule has 10 atom stereocenters. The van der Waals surface area contributed by atoms with E-state index in [1.807, 2.05) is 0 Å². The van der Waals surface area contributed by atoms with Crippen LogP contribution in [0.5, 0.6) is 0 Å². The molecule has 3 heteroatoms. The van der Waals surface area contributed by atoms with E-state index < -0.39 is 6.51 Å². The fourth-order valence-electron chi connectivity index (χ4n) is 19.0. The topological polar surface area (TPSA) is 0 Å². The maximum atomic E-state index is 2.51. The summed E-state index contributed by atoms with van der Waals surface area (Å²) in [7, 11) is 2.43. The number of aryl methyl sites for hydroxylation is 2. The SMILES string of the molecule is Cc1ccccc1P[C]12[CH]3[CH]4[CH]5[CH]1[Fe]45321678[CH]2[CH]1[CH]6[C]7(Pc1ccccc1C)[CH]28. The van der Waals surface area contributed by atoms with Gasteiger partial charge in [-0.3, -0.25) is 0 Å². The van der Waals surface area contributed by atoms with Gasteiger partial charge >= 0.3 is 154 Å². The van der Waals surface area contributed by atoms with Crippen LogP contribution >= 0.6 is 17.2 Å². The molecular formula is C24H24FeP2. The second-order valence-corrected chi connectivity index (χ2v) is 41.0. The molecule has 0 N–H and O–H groups in total. The molecule has 10 unspecified atom stereocenters. The van der Waals surface area contributed by atoms with Crippen LogP contribution in [0.25, 0.3) is 0 Å². The van der Waals surface area contributed by atoms with Gasteiger partial charge in [0, 0.05) is 0 Å². The van der Waals surface area contributed by atoms with Crippen LogP contribution < -0.4 is 10.6 Å². The Labute approximate surface area is 154 Å². The zero-order valence-corrected chi connectivity index (χ0v) is 18.7. The molecule has 10 heterocycles. The number of fused-ring (bicyclic) bond motifs is 10. The predicted molar refractivity (Wildman–Crippen MR) is 114 cm³/mol. The molecule has 0 saturated carbocycles. The van der Waals surface area contributed by atoms with Gasteiger partial charge < -0.3 is 0 Å². The molecule has 138 valence electrons. The summed E-state index contributed by atoms with van der Waals surface area (Å²) in [5.41, 5.74) is 3.20. The van der Waals surface area contributed by atoms with Gasteiger partial charge in [0.05, 0.1) is 0 Å².